The number of amides is 1. The fraction of sp³-hybridized carbons (Fsp3) is 0.333. The van der Waals surface area contributed by atoms with Gasteiger partial charge >= 0.3 is 0 Å². The van der Waals surface area contributed by atoms with Crippen LogP contribution in [0.3, 0.4) is 0 Å². The van der Waals surface area contributed by atoms with Crippen LogP contribution in [0.2, 0.25) is 0 Å². The minimum atomic E-state index is -0.186. The highest BCUT2D eigenvalue weighted by Gasteiger charge is 2.08. The Morgan fingerprint density at radius 2 is 2.31 bits per heavy atom. The van der Waals surface area contributed by atoms with Gasteiger partial charge in [0, 0.05) is 13.5 Å². The van der Waals surface area contributed by atoms with Gasteiger partial charge in [-0.25, -0.2) is 14.6 Å². The Bertz CT molecular complexity index is 520. The van der Waals surface area contributed by atoms with Gasteiger partial charge in [0.25, 0.3) is 0 Å². The molecule has 0 unspecified atom stereocenters. The topological polar surface area (TPSA) is 84.7 Å². The summed E-state index contributed by atoms with van der Waals surface area (Å²) >= 11 is 0. The number of hydrazine groups is 1. The summed E-state index contributed by atoms with van der Waals surface area (Å²) in [5.74, 6) is 0.356. The predicted octanol–water partition coefficient (Wildman–Crippen LogP) is 0.309. The second-order valence-electron chi connectivity index (χ2n) is 3.23. The van der Waals surface area contributed by atoms with Crippen LogP contribution in [0.5, 0.6) is 0 Å². The maximum absolute atomic E-state index is 10.8. The van der Waals surface area contributed by atoms with Crippen molar-refractivity contribution in [2.45, 2.75) is 20.4 Å². The molecule has 0 aromatic carbocycles. The first kappa shape index (κ1) is 10.3. The summed E-state index contributed by atoms with van der Waals surface area (Å²) < 4.78 is 1.76. The van der Waals surface area contributed by atoms with E-state index in [4.69, 9.17) is 0 Å². The van der Waals surface area contributed by atoms with Gasteiger partial charge < -0.3 is 0 Å². The molecule has 0 spiro atoms. The fourth-order valence-electron chi connectivity index (χ4n) is 1.37. The molecule has 2 aromatic rings. The van der Waals surface area contributed by atoms with Gasteiger partial charge in [0.15, 0.2) is 11.5 Å². The molecule has 0 aliphatic heterocycles. The largest absolute Gasteiger partial charge is 0.281 e. The summed E-state index contributed by atoms with van der Waals surface area (Å²) in [7, 11) is 0. The third-order valence-corrected chi connectivity index (χ3v) is 2.09. The molecule has 2 N–H and O–H groups in total. The van der Waals surface area contributed by atoms with Crippen molar-refractivity contribution in [2.75, 3.05) is 5.43 Å². The van der Waals surface area contributed by atoms with Crippen molar-refractivity contribution < 1.29 is 4.79 Å². The summed E-state index contributed by atoms with van der Waals surface area (Å²) in [5.41, 5.74) is 5.93. The van der Waals surface area contributed by atoms with Gasteiger partial charge in [0.1, 0.15) is 6.33 Å². The lowest BCUT2D eigenvalue weighted by Gasteiger charge is -2.05. The third-order valence-electron chi connectivity index (χ3n) is 2.09. The van der Waals surface area contributed by atoms with Crippen LogP contribution < -0.4 is 10.9 Å². The zero-order valence-electron chi connectivity index (χ0n) is 9.06. The Labute approximate surface area is 91.9 Å². The number of aromatic nitrogens is 4. The number of rotatable bonds is 3. The molecular formula is C9H12N6O. The van der Waals surface area contributed by atoms with E-state index in [0.29, 0.717) is 5.82 Å². The normalized spacial score (nSPS) is 10.4. The number of carbonyl (C=O) groups excluding carboxylic acids is 1. The van der Waals surface area contributed by atoms with E-state index in [1.54, 1.807) is 10.9 Å². The lowest BCUT2D eigenvalue weighted by molar-refractivity contribution is -0.118. The second-order valence-corrected chi connectivity index (χ2v) is 3.23. The Morgan fingerprint density at radius 1 is 1.50 bits per heavy atom. The molecule has 0 aliphatic rings. The van der Waals surface area contributed by atoms with Crippen LogP contribution in [0.25, 0.3) is 11.0 Å². The number of hydrogen-bond donors (Lipinski definition) is 2. The molecule has 0 fully saturated rings. The fourth-order valence-corrected chi connectivity index (χ4v) is 1.37. The maximum Gasteiger partial charge on any atom is 0.235 e. The van der Waals surface area contributed by atoms with Gasteiger partial charge in [-0.05, 0) is 6.92 Å². The quantitative estimate of drug-likeness (QED) is 0.727. The molecule has 0 bridgehead atoms. The molecule has 0 saturated carbocycles. The number of aryl methyl sites for hydroxylation is 1. The zero-order valence-corrected chi connectivity index (χ0v) is 9.06. The van der Waals surface area contributed by atoms with Crippen molar-refractivity contribution in [3.8, 4) is 0 Å². The van der Waals surface area contributed by atoms with Crippen LogP contribution in [0, 0.1) is 0 Å². The summed E-state index contributed by atoms with van der Waals surface area (Å²) in [5, 5.41) is 4.94. The Balaban J connectivity index is 2.38. The van der Waals surface area contributed by atoms with E-state index in [1.165, 1.54) is 13.3 Å². The molecular weight excluding hydrogens is 208 g/mol. The molecule has 7 nitrogen and oxygen atoms in total. The van der Waals surface area contributed by atoms with E-state index in [-0.39, 0.29) is 5.91 Å². The van der Waals surface area contributed by atoms with Crippen LogP contribution >= 0.6 is 0 Å². The smallest absolute Gasteiger partial charge is 0.235 e. The first-order chi connectivity index (χ1) is 7.72. The summed E-state index contributed by atoms with van der Waals surface area (Å²) in [6, 6.07) is 0. The van der Waals surface area contributed by atoms with Crippen molar-refractivity contribution in [3.05, 3.63) is 12.5 Å². The van der Waals surface area contributed by atoms with Gasteiger partial charge in [0.05, 0.1) is 11.6 Å². The van der Waals surface area contributed by atoms with Gasteiger partial charge in [-0.15, -0.1) is 0 Å². The van der Waals surface area contributed by atoms with Gasteiger partial charge in [-0.2, -0.15) is 5.10 Å². The molecule has 16 heavy (non-hydrogen) atoms. The SMILES string of the molecule is CCn1ncc2c(NNC(C)=O)ncnc21. The van der Waals surface area contributed by atoms with E-state index >= 15 is 0 Å². The van der Waals surface area contributed by atoms with Crippen LogP contribution in [0.1, 0.15) is 13.8 Å². The van der Waals surface area contributed by atoms with Crippen LogP contribution in [-0.4, -0.2) is 25.7 Å². The van der Waals surface area contributed by atoms with Crippen molar-refractivity contribution in [2.24, 2.45) is 0 Å². The minimum absolute atomic E-state index is 0.186. The van der Waals surface area contributed by atoms with Crippen LogP contribution in [-0.2, 0) is 11.3 Å². The van der Waals surface area contributed by atoms with Gasteiger partial charge in [0.2, 0.25) is 5.91 Å². The third kappa shape index (κ3) is 1.79. The lowest BCUT2D eigenvalue weighted by atomic mass is 10.4. The van der Waals surface area contributed by atoms with E-state index in [9.17, 15) is 4.79 Å². The number of nitrogens with one attached hydrogen (secondary N) is 2. The first-order valence-electron chi connectivity index (χ1n) is 4.91. The molecule has 0 aliphatic carbocycles. The number of hydrogen-bond acceptors (Lipinski definition) is 5. The van der Waals surface area contributed by atoms with Crippen LogP contribution in [0.4, 0.5) is 5.82 Å². The van der Waals surface area contributed by atoms with Crippen LogP contribution in [0.15, 0.2) is 12.5 Å². The zero-order chi connectivity index (χ0) is 11.5. The predicted molar refractivity (Wildman–Crippen MR) is 58.4 cm³/mol. The molecule has 2 rings (SSSR count). The lowest BCUT2D eigenvalue weighted by Crippen LogP contribution is -2.27. The average molecular weight is 220 g/mol. The van der Waals surface area contributed by atoms with Gasteiger partial charge in [-0.1, -0.05) is 0 Å². The average Bonchev–Trinajstić information content (AvgIpc) is 2.69. The molecule has 1 amide bonds. The summed E-state index contributed by atoms with van der Waals surface area (Å²) in [4.78, 5) is 18.9. The van der Waals surface area contributed by atoms with E-state index < -0.39 is 0 Å². The van der Waals surface area contributed by atoms with E-state index in [0.717, 1.165) is 17.6 Å². The second kappa shape index (κ2) is 4.13. The Hall–Kier alpha value is -2.18. The number of anilines is 1. The summed E-state index contributed by atoms with van der Waals surface area (Å²) in [6.07, 6.45) is 3.10. The van der Waals surface area contributed by atoms with Crippen molar-refractivity contribution in [3.63, 3.8) is 0 Å². The Morgan fingerprint density at radius 3 is 3.00 bits per heavy atom. The highest BCUT2D eigenvalue weighted by molar-refractivity contribution is 5.87. The molecule has 0 saturated heterocycles. The number of nitrogens with zero attached hydrogens (tertiary/aromatic N) is 4. The molecule has 0 radical (unpaired) electrons. The Kier molecular flexibility index (Phi) is 2.67. The molecule has 2 heterocycles. The number of fused-ring (bicyclic) bond motifs is 1. The maximum atomic E-state index is 10.8. The molecule has 0 atom stereocenters. The highest BCUT2D eigenvalue weighted by atomic mass is 16.2. The van der Waals surface area contributed by atoms with Crippen molar-refractivity contribution >= 4 is 22.8 Å². The van der Waals surface area contributed by atoms with Crippen molar-refractivity contribution in [1.29, 1.82) is 0 Å². The van der Waals surface area contributed by atoms with Crippen molar-refractivity contribution in [1.82, 2.24) is 25.2 Å². The molecule has 7 heteroatoms. The monoisotopic (exact) mass is 220 g/mol. The van der Waals surface area contributed by atoms with E-state index in [1.807, 2.05) is 6.92 Å². The molecule has 84 valence electrons. The standard InChI is InChI=1S/C9H12N6O/c1-3-15-9-7(4-12-15)8(10-5-11-9)14-13-6(2)16/h4-5H,3H2,1-2H3,(H,13,16)(H,10,11,14). The van der Waals surface area contributed by atoms with Gasteiger partial charge in [-0.3, -0.25) is 15.6 Å². The van der Waals surface area contributed by atoms with E-state index in [2.05, 4.69) is 25.9 Å². The molecule has 2 aromatic heterocycles. The minimum Gasteiger partial charge on any atom is -0.281 e. The number of carbonyl (C=O) groups is 1. The highest BCUT2D eigenvalue weighted by Crippen LogP contribution is 2.17. The first-order valence-corrected chi connectivity index (χ1v) is 4.91. The summed E-state index contributed by atoms with van der Waals surface area (Å²) in [6.45, 7) is 4.14.